The van der Waals surface area contributed by atoms with Gasteiger partial charge in [-0.3, -0.25) is 10.1 Å². The highest BCUT2D eigenvalue weighted by Crippen LogP contribution is 2.36. The molecule has 3 aromatic carbocycles. The summed E-state index contributed by atoms with van der Waals surface area (Å²) in [7, 11) is 0. The summed E-state index contributed by atoms with van der Waals surface area (Å²) in [6, 6.07) is 27.5. The number of urea groups is 1. The number of hydrogen-bond acceptors (Lipinski definition) is 6. The van der Waals surface area contributed by atoms with E-state index in [1.807, 2.05) is 78.9 Å². The van der Waals surface area contributed by atoms with Gasteiger partial charge in [0, 0.05) is 11.1 Å². The molecule has 1 atom stereocenters. The summed E-state index contributed by atoms with van der Waals surface area (Å²) in [6.45, 7) is 0. The van der Waals surface area contributed by atoms with Crippen LogP contribution in [0.2, 0.25) is 0 Å². The lowest BCUT2D eigenvalue weighted by atomic mass is 10.0. The molecule has 1 unspecified atom stereocenters. The third-order valence-electron chi connectivity index (χ3n) is 4.57. The van der Waals surface area contributed by atoms with Gasteiger partial charge in [-0.2, -0.15) is 0 Å². The quantitative estimate of drug-likeness (QED) is 0.433. The highest BCUT2D eigenvalue weighted by Gasteiger charge is 2.25. The smallest absolute Gasteiger partial charge is 0.318 e. The molecule has 4 aromatic rings. The van der Waals surface area contributed by atoms with Gasteiger partial charge in [-0.15, -0.1) is 10.2 Å². The second-order valence-corrected chi connectivity index (χ2v) is 7.86. The third-order valence-corrected chi connectivity index (χ3v) is 5.68. The molecule has 0 radical (unpaired) electrons. The van der Waals surface area contributed by atoms with Crippen molar-refractivity contribution in [3.05, 3.63) is 96.6 Å². The normalized spacial score (nSPS) is 11.5. The van der Waals surface area contributed by atoms with Gasteiger partial charge in [0.05, 0.1) is 0 Å². The molecule has 0 aliphatic heterocycles. The second-order valence-electron chi connectivity index (χ2n) is 6.79. The molecule has 3 N–H and O–H groups in total. The van der Waals surface area contributed by atoms with Crippen molar-refractivity contribution in [2.24, 2.45) is 5.73 Å². The molecule has 158 valence electrons. The summed E-state index contributed by atoms with van der Waals surface area (Å²) in [4.78, 5) is 28.7. The van der Waals surface area contributed by atoms with Crippen LogP contribution in [0.5, 0.6) is 0 Å². The monoisotopic (exact) mass is 441 g/mol. The summed E-state index contributed by atoms with van der Waals surface area (Å²) in [6.07, 6.45) is 0. The number of imide groups is 1. The number of primary amides is 1. The number of hydrogen-bond donors (Lipinski definition) is 2. The number of nitrogens with zero attached hydrogens (tertiary/aromatic N) is 3. The van der Waals surface area contributed by atoms with Gasteiger partial charge in [0.2, 0.25) is 11.1 Å². The van der Waals surface area contributed by atoms with E-state index in [4.69, 9.17) is 10.7 Å². The van der Waals surface area contributed by atoms with Crippen molar-refractivity contribution in [3.8, 4) is 22.5 Å². The lowest BCUT2D eigenvalue weighted by Crippen LogP contribution is -2.37. The van der Waals surface area contributed by atoms with E-state index < -0.39 is 17.2 Å². The maximum atomic E-state index is 12.7. The standard InChI is InChI=1S/C24H19N5O2S/c25-23(31)27-22(30)21(18-14-8-3-9-15-18)32-24-26-19(16-10-4-1-5-11-16)20(28-29-24)17-12-6-2-7-13-17/h1-15,21H,(H3,25,27,30,31). The van der Waals surface area contributed by atoms with Gasteiger partial charge in [0.25, 0.3) is 0 Å². The first-order valence-electron chi connectivity index (χ1n) is 9.79. The Kier molecular flexibility index (Phi) is 6.52. The number of aromatic nitrogens is 3. The van der Waals surface area contributed by atoms with E-state index in [0.717, 1.165) is 22.9 Å². The van der Waals surface area contributed by atoms with E-state index in [-0.39, 0.29) is 0 Å². The van der Waals surface area contributed by atoms with Gasteiger partial charge in [-0.1, -0.05) is 103 Å². The van der Waals surface area contributed by atoms with Crippen molar-refractivity contribution in [1.82, 2.24) is 20.5 Å². The average Bonchev–Trinajstić information content (AvgIpc) is 2.83. The molecular formula is C24H19N5O2S. The minimum absolute atomic E-state index is 0.303. The molecule has 0 saturated heterocycles. The average molecular weight is 442 g/mol. The Hall–Kier alpha value is -4.04. The predicted molar refractivity (Wildman–Crippen MR) is 123 cm³/mol. The maximum absolute atomic E-state index is 12.7. The Morgan fingerprint density at radius 1 is 0.750 bits per heavy atom. The van der Waals surface area contributed by atoms with Crippen LogP contribution in [-0.2, 0) is 4.79 Å². The van der Waals surface area contributed by atoms with Crippen molar-refractivity contribution >= 4 is 23.7 Å². The fourth-order valence-electron chi connectivity index (χ4n) is 3.14. The Morgan fingerprint density at radius 3 is 1.84 bits per heavy atom. The van der Waals surface area contributed by atoms with Gasteiger partial charge >= 0.3 is 6.03 Å². The van der Waals surface area contributed by atoms with Crippen LogP contribution in [-0.4, -0.2) is 27.1 Å². The fourth-order valence-corrected chi connectivity index (χ4v) is 4.04. The van der Waals surface area contributed by atoms with E-state index in [1.54, 1.807) is 12.1 Å². The van der Waals surface area contributed by atoms with Gasteiger partial charge < -0.3 is 5.73 Å². The number of carbonyl (C=O) groups is 2. The van der Waals surface area contributed by atoms with Crippen LogP contribution in [0.1, 0.15) is 10.8 Å². The molecule has 3 amide bonds. The number of thioether (sulfide) groups is 1. The molecule has 0 bridgehead atoms. The highest BCUT2D eigenvalue weighted by molar-refractivity contribution is 8.00. The molecule has 0 spiro atoms. The van der Waals surface area contributed by atoms with Crippen LogP contribution in [0, 0.1) is 0 Å². The summed E-state index contributed by atoms with van der Waals surface area (Å²) >= 11 is 1.10. The van der Waals surface area contributed by atoms with Crippen LogP contribution in [0.3, 0.4) is 0 Å². The lowest BCUT2D eigenvalue weighted by molar-refractivity contribution is -0.119. The minimum Gasteiger partial charge on any atom is -0.351 e. The van der Waals surface area contributed by atoms with Crippen molar-refractivity contribution < 1.29 is 9.59 Å². The topological polar surface area (TPSA) is 111 Å². The molecule has 0 saturated carbocycles. The van der Waals surface area contributed by atoms with Crippen LogP contribution in [0.25, 0.3) is 22.5 Å². The molecule has 0 aliphatic carbocycles. The van der Waals surface area contributed by atoms with E-state index in [9.17, 15) is 9.59 Å². The summed E-state index contributed by atoms with van der Waals surface area (Å²) in [5.74, 6) is -0.550. The number of carbonyl (C=O) groups excluding carboxylic acids is 2. The van der Waals surface area contributed by atoms with Crippen LogP contribution >= 0.6 is 11.8 Å². The largest absolute Gasteiger partial charge is 0.351 e. The number of benzene rings is 3. The molecule has 0 fully saturated rings. The first-order valence-corrected chi connectivity index (χ1v) is 10.7. The van der Waals surface area contributed by atoms with Crippen LogP contribution < -0.4 is 11.1 Å². The lowest BCUT2D eigenvalue weighted by Gasteiger charge is -2.15. The molecule has 4 rings (SSSR count). The van der Waals surface area contributed by atoms with Crippen molar-refractivity contribution in [2.45, 2.75) is 10.4 Å². The SMILES string of the molecule is NC(=O)NC(=O)C(Sc1nnc(-c2ccccc2)c(-c2ccccc2)n1)c1ccccc1. The van der Waals surface area contributed by atoms with Gasteiger partial charge in [0.15, 0.2) is 0 Å². The van der Waals surface area contributed by atoms with E-state index in [2.05, 4.69) is 15.5 Å². The van der Waals surface area contributed by atoms with Crippen LogP contribution in [0.15, 0.2) is 96.2 Å². The molecule has 7 nitrogen and oxygen atoms in total. The first-order chi connectivity index (χ1) is 15.6. The first kappa shape index (κ1) is 21.2. The third kappa shape index (κ3) is 4.98. The summed E-state index contributed by atoms with van der Waals surface area (Å²) < 4.78 is 0. The molecule has 1 aromatic heterocycles. The molecule has 1 heterocycles. The van der Waals surface area contributed by atoms with Gasteiger partial charge in [-0.05, 0) is 5.56 Å². The minimum atomic E-state index is -0.917. The Morgan fingerprint density at radius 2 is 1.28 bits per heavy atom. The fraction of sp³-hybridized carbons (Fsp3) is 0.0417. The Labute approximate surface area is 189 Å². The zero-order valence-electron chi connectivity index (χ0n) is 16.9. The number of amides is 3. The molecule has 32 heavy (non-hydrogen) atoms. The zero-order chi connectivity index (χ0) is 22.3. The van der Waals surface area contributed by atoms with Gasteiger partial charge in [-0.25, -0.2) is 9.78 Å². The molecule has 0 aliphatic rings. The Bertz CT molecular complexity index is 1220. The van der Waals surface area contributed by atoms with Gasteiger partial charge in [0.1, 0.15) is 16.6 Å². The summed E-state index contributed by atoms with van der Waals surface area (Å²) in [5.41, 5.74) is 8.90. The summed E-state index contributed by atoms with van der Waals surface area (Å²) in [5, 5.41) is 10.4. The number of nitrogens with two attached hydrogens (primary N) is 1. The zero-order valence-corrected chi connectivity index (χ0v) is 17.7. The van der Waals surface area contributed by atoms with E-state index >= 15 is 0 Å². The maximum Gasteiger partial charge on any atom is 0.318 e. The van der Waals surface area contributed by atoms with Crippen molar-refractivity contribution in [3.63, 3.8) is 0 Å². The van der Waals surface area contributed by atoms with Crippen LogP contribution in [0.4, 0.5) is 4.79 Å². The molecular weight excluding hydrogens is 422 g/mol. The highest BCUT2D eigenvalue weighted by atomic mass is 32.2. The Balaban J connectivity index is 1.76. The number of rotatable bonds is 6. The van der Waals surface area contributed by atoms with E-state index in [1.165, 1.54) is 0 Å². The molecule has 8 heteroatoms. The van der Waals surface area contributed by atoms with Crippen molar-refractivity contribution in [1.29, 1.82) is 0 Å². The number of nitrogens with one attached hydrogen (secondary N) is 1. The predicted octanol–water partition coefficient (Wildman–Crippen LogP) is 4.23. The van der Waals surface area contributed by atoms with E-state index in [0.29, 0.717) is 22.1 Å². The van der Waals surface area contributed by atoms with Crippen molar-refractivity contribution in [2.75, 3.05) is 0 Å². The second kappa shape index (κ2) is 9.84.